The SMILES string of the molecule is CC(=O)C(C)(N)C(C)(C)C(C)(C)C(C)(C)C(C)(C)[N+](C)(C)C.[Cl-]. The molecule has 0 saturated heterocycles. The van der Waals surface area contributed by atoms with E-state index in [1.807, 2.05) is 6.92 Å². The standard InChI is InChI=1S/C19H41N2O.ClH/c1-14(22)19(10,20)17(6,7)15(2,3)16(4,5)18(8,9)21(11,12)13;/h20H2,1-13H3;1H/q+1;/p-1. The number of nitrogens with two attached hydrogens (primary N) is 1. The molecule has 0 saturated carbocycles. The second-order valence-corrected chi connectivity index (χ2v) is 10.2. The molecule has 0 aromatic heterocycles. The van der Waals surface area contributed by atoms with Gasteiger partial charge in [0.1, 0.15) is 5.78 Å². The van der Waals surface area contributed by atoms with Crippen molar-refractivity contribution >= 4 is 5.78 Å². The molecule has 0 rings (SSSR count). The first-order chi connectivity index (χ1) is 9.19. The third-order valence-corrected chi connectivity index (χ3v) is 8.36. The molecule has 0 heterocycles. The van der Waals surface area contributed by atoms with Gasteiger partial charge in [-0.1, -0.05) is 41.5 Å². The number of quaternary nitrogens is 1. The Morgan fingerprint density at radius 2 is 1.04 bits per heavy atom. The Labute approximate surface area is 151 Å². The van der Waals surface area contributed by atoms with Gasteiger partial charge >= 0.3 is 0 Å². The quantitative estimate of drug-likeness (QED) is 0.723. The Morgan fingerprint density at radius 3 is 1.26 bits per heavy atom. The van der Waals surface area contributed by atoms with Crippen LogP contribution in [0.4, 0.5) is 0 Å². The van der Waals surface area contributed by atoms with Gasteiger partial charge in [-0.25, -0.2) is 0 Å². The predicted molar refractivity (Wildman–Crippen MR) is 96.7 cm³/mol. The molecule has 0 bridgehead atoms. The molecule has 0 radical (unpaired) electrons. The lowest BCUT2D eigenvalue weighted by atomic mass is 9.44. The topological polar surface area (TPSA) is 43.1 Å². The number of ketones is 1. The van der Waals surface area contributed by atoms with E-state index in [-0.39, 0.29) is 40.0 Å². The second-order valence-electron chi connectivity index (χ2n) is 10.2. The minimum Gasteiger partial charge on any atom is -1.00 e. The number of nitrogens with zero attached hydrogens (tertiary/aromatic N) is 1. The Bertz CT molecular complexity index is 441. The first kappa shape index (κ1) is 25.1. The van der Waals surface area contributed by atoms with Gasteiger partial charge in [-0.2, -0.15) is 0 Å². The van der Waals surface area contributed by atoms with Crippen molar-refractivity contribution in [1.29, 1.82) is 0 Å². The van der Waals surface area contributed by atoms with E-state index in [0.29, 0.717) is 0 Å². The summed E-state index contributed by atoms with van der Waals surface area (Å²) in [5, 5.41) is 0. The summed E-state index contributed by atoms with van der Waals surface area (Å²) in [4.78, 5) is 12.2. The lowest BCUT2D eigenvalue weighted by molar-refractivity contribution is -0.930. The van der Waals surface area contributed by atoms with Crippen molar-refractivity contribution in [2.75, 3.05) is 21.1 Å². The number of hydrogen-bond acceptors (Lipinski definition) is 2. The maximum atomic E-state index is 12.2. The first-order valence-corrected chi connectivity index (χ1v) is 8.31. The van der Waals surface area contributed by atoms with Crippen molar-refractivity contribution in [3.63, 3.8) is 0 Å². The highest BCUT2D eigenvalue weighted by Crippen LogP contribution is 2.60. The van der Waals surface area contributed by atoms with Crippen molar-refractivity contribution in [2.45, 2.75) is 80.3 Å². The van der Waals surface area contributed by atoms with Crippen LogP contribution in [0.2, 0.25) is 0 Å². The van der Waals surface area contributed by atoms with Crippen molar-refractivity contribution in [3.05, 3.63) is 0 Å². The zero-order chi connectivity index (χ0) is 18.6. The average molecular weight is 349 g/mol. The van der Waals surface area contributed by atoms with E-state index in [9.17, 15) is 4.79 Å². The molecule has 0 amide bonds. The molecule has 23 heavy (non-hydrogen) atoms. The second kappa shape index (κ2) is 6.31. The van der Waals surface area contributed by atoms with Crippen molar-refractivity contribution in [1.82, 2.24) is 0 Å². The smallest absolute Gasteiger partial charge is 0.149 e. The molecule has 140 valence electrons. The van der Waals surface area contributed by atoms with Gasteiger partial charge in [0, 0.05) is 5.41 Å². The van der Waals surface area contributed by atoms with Gasteiger partial charge in [0.2, 0.25) is 0 Å². The molecular formula is C19H41ClN2O. The van der Waals surface area contributed by atoms with Crippen LogP contribution in [0.15, 0.2) is 0 Å². The molecule has 0 fully saturated rings. The lowest BCUT2D eigenvalue weighted by Gasteiger charge is -2.64. The van der Waals surface area contributed by atoms with E-state index < -0.39 is 5.54 Å². The van der Waals surface area contributed by atoms with E-state index in [1.54, 1.807) is 6.92 Å². The molecule has 2 N–H and O–H groups in total. The number of hydrogen-bond donors (Lipinski definition) is 1. The van der Waals surface area contributed by atoms with E-state index in [2.05, 4.69) is 76.5 Å². The normalized spacial score (nSPS) is 17.3. The first-order valence-electron chi connectivity index (χ1n) is 8.31. The van der Waals surface area contributed by atoms with Gasteiger partial charge in [-0.3, -0.25) is 4.79 Å². The molecule has 4 heteroatoms. The van der Waals surface area contributed by atoms with Crippen LogP contribution in [0, 0.1) is 16.2 Å². The van der Waals surface area contributed by atoms with Gasteiger partial charge in [-0.15, -0.1) is 0 Å². The highest BCUT2D eigenvalue weighted by atomic mass is 35.5. The number of carbonyl (C=O) groups is 1. The maximum Gasteiger partial charge on any atom is 0.149 e. The van der Waals surface area contributed by atoms with E-state index in [0.717, 1.165) is 4.48 Å². The van der Waals surface area contributed by atoms with Gasteiger partial charge in [0.25, 0.3) is 0 Å². The summed E-state index contributed by atoms with van der Waals surface area (Å²) in [6.07, 6.45) is 0. The summed E-state index contributed by atoms with van der Waals surface area (Å²) in [5.41, 5.74) is 5.07. The molecule has 0 aromatic rings. The summed E-state index contributed by atoms with van der Waals surface area (Å²) in [6.45, 7) is 21.5. The van der Waals surface area contributed by atoms with E-state index in [1.165, 1.54) is 0 Å². The number of halogens is 1. The minimum atomic E-state index is -0.866. The van der Waals surface area contributed by atoms with Gasteiger partial charge in [0.15, 0.2) is 0 Å². The summed E-state index contributed by atoms with van der Waals surface area (Å²) in [5.74, 6) is 0.0458. The maximum absolute atomic E-state index is 12.2. The molecule has 0 aliphatic carbocycles. The van der Waals surface area contributed by atoms with Crippen LogP contribution in [-0.2, 0) is 4.79 Å². The molecule has 0 aromatic carbocycles. The van der Waals surface area contributed by atoms with Gasteiger partial charge in [0.05, 0.1) is 32.2 Å². The zero-order valence-corrected chi connectivity index (χ0v) is 18.6. The Balaban J connectivity index is 0. The monoisotopic (exact) mass is 348 g/mol. The van der Waals surface area contributed by atoms with Gasteiger partial charge < -0.3 is 22.6 Å². The highest BCUT2D eigenvalue weighted by Gasteiger charge is 2.63. The average Bonchev–Trinajstić information content (AvgIpc) is 2.25. The number of carbonyl (C=O) groups excluding carboxylic acids is 1. The third kappa shape index (κ3) is 3.34. The fraction of sp³-hybridized carbons (Fsp3) is 0.947. The van der Waals surface area contributed by atoms with Crippen LogP contribution in [0.25, 0.3) is 0 Å². The van der Waals surface area contributed by atoms with Crippen LogP contribution in [0.3, 0.4) is 0 Å². The molecule has 0 aliphatic heterocycles. The van der Waals surface area contributed by atoms with Gasteiger partial charge in [-0.05, 0) is 38.5 Å². The summed E-state index contributed by atoms with van der Waals surface area (Å²) in [7, 11) is 6.70. The summed E-state index contributed by atoms with van der Waals surface area (Å²) < 4.78 is 0.848. The van der Waals surface area contributed by atoms with Crippen molar-refractivity contribution < 1.29 is 21.7 Å². The minimum absolute atomic E-state index is 0. The zero-order valence-electron chi connectivity index (χ0n) is 17.8. The Kier molecular flexibility index (Phi) is 6.89. The van der Waals surface area contributed by atoms with Crippen molar-refractivity contribution in [3.8, 4) is 0 Å². The van der Waals surface area contributed by atoms with E-state index in [4.69, 9.17) is 5.73 Å². The molecular weight excluding hydrogens is 308 g/mol. The molecule has 3 nitrogen and oxygen atoms in total. The predicted octanol–water partition coefficient (Wildman–Crippen LogP) is 0.860. The Morgan fingerprint density at radius 1 is 0.739 bits per heavy atom. The van der Waals surface area contributed by atoms with Crippen LogP contribution in [0.1, 0.15) is 69.2 Å². The van der Waals surface area contributed by atoms with Crippen LogP contribution >= 0.6 is 0 Å². The molecule has 0 spiro atoms. The number of rotatable bonds is 6. The highest BCUT2D eigenvalue weighted by molar-refractivity contribution is 5.86. The Hall–Kier alpha value is -0.120. The van der Waals surface area contributed by atoms with E-state index >= 15 is 0 Å². The lowest BCUT2D eigenvalue weighted by Crippen LogP contribution is -3.00. The fourth-order valence-corrected chi connectivity index (χ4v) is 3.47. The third-order valence-electron chi connectivity index (χ3n) is 8.36. The van der Waals surface area contributed by atoms with Crippen molar-refractivity contribution in [2.24, 2.45) is 22.0 Å². The molecule has 0 aliphatic rings. The molecule has 1 atom stereocenters. The van der Waals surface area contributed by atoms with Crippen LogP contribution in [0.5, 0.6) is 0 Å². The largest absolute Gasteiger partial charge is 1.00 e. The van der Waals surface area contributed by atoms with Crippen LogP contribution < -0.4 is 18.1 Å². The van der Waals surface area contributed by atoms with Crippen LogP contribution in [-0.4, -0.2) is 42.5 Å². The summed E-state index contributed by atoms with van der Waals surface area (Å²) >= 11 is 0. The molecule has 1 unspecified atom stereocenters. The fourth-order valence-electron chi connectivity index (χ4n) is 3.47. The summed E-state index contributed by atoms with van der Waals surface area (Å²) in [6, 6.07) is 0. The number of Topliss-reactive ketones (excluding diaryl/α,β-unsaturated/α-hetero) is 1.